The lowest BCUT2D eigenvalue weighted by Gasteiger charge is -2.18. The molecule has 0 aromatic carbocycles. The Morgan fingerprint density at radius 1 is 0.304 bits per heavy atom. The molecular formula is C63H110O6. The van der Waals surface area contributed by atoms with Crippen LogP contribution in [-0.2, 0) is 28.6 Å². The monoisotopic (exact) mass is 963 g/mol. The van der Waals surface area contributed by atoms with Gasteiger partial charge in [0, 0.05) is 19.3 Å². The molecular weight excluding hydrogens is 853 g/mol. The molecule has 0 bridgehead atoms. The van der Waals surface area contributed by atoms with E-state index < -0.39 is 6.10 Å². The van der Waals surface area contributed by atoms with Crippen molar-refractivity contribution in [2.45, 2.75) is 297 Å². The molecule has 0 N–H and O–H groups in total. The second-order valence-electron chi connectivity index (χ2n) is 19.5. The van der Waals surface area contributed by atoms with Gasteiger partial charge in [-0.3, -0.25) is 14.4 Å². The summed E-state index contributed by atoms with van der Waals surface area (Å²) >= 11 is 0. The number of ether oxygens (including phenoxy) is 3. The van der Waals surface area contributed by atoms with Crippen molar-refractivity contribution < 1.29 is 28.6 Å². The van der Waals surface area contributed by atoms with Gasteiger partial charge in [-0.05, 0) is 89.9 Å². The molecule has 0 aliphatic heterocycles. The van der Waals surface area contributed by atoms with Crippen molar-refractivity contribution in [1.29, 1.82) is 0 Å². The molecule has 6 heteroatoms. The number of esters is 3. The second-order valence-corrected chi connectivity index (χ2v) is 19.5. The first-order chi connectivity index (χ1) is 34.0. The van der Waals surface area contributed by atoms with Gasteiger partial charge in [0.15, 0.2) is 6.10 Å². The van der Waals surface area contributed by atoms with Crippen LogP contribution in [-0.4, -0.2) is 37.2 Å². The number of rotatable bonds is 53. The first kappa shape index (κ1) is 65.8. The fraction of sp³-hybridized carbons (Fsp3) is 0.762. The molecule has 0 rings (SSSR count). The van der Waals surface area contributed by atoms with Gasteiger partial charge in [0.25, 0.3) is 0 Å². The zero-order valence-electron chi connectivity index (χ0n) is 45.6. The normalized spacial score (nSPS) is 12.6. The van der Waals surface area contributed by atoms with Crippen molar-refractivity contribution in [3.63, 3.8) is 0 Å². The molecule has 0 radical (unpaired) electrons. The Morgan fingerprint density at radius 2 is 0.565 bits per heavy atom. The summed E-state index contributed by atoms with van der Waals surface area (Å²) in [6.07, 6.45) is 73.2. The van der Waals surface area contributed by atoms with Crippen molar-refractivity contribution >= 4 is 17.9 Å². The third-order valence-corrected chi connectivity index (χ3v) is 12.7. The quantitative estimate of drug-likeness (QED) is 0.0262. The van der Waals surface area contributed by atoms with Crippen LogP contribution in [0.15, 0.2) is 72.9 Å². The minimum absolute atomic E-state index is 0.0843. The Labute approximate surface area is 427 Å². The summed E-state index contributed by atoms with van der Waals surface area (Å²) in [5.41, 5.74) is 0. The molecule has 0 aromatic heterocycles. The Kier molecular flexibility index (Phi) is 54.8. The van der Waals surface area contributed by atoms with E-state index in [1.165, 1.54) is 141 Å². The van der Waals surface area contributed by atoms with Crippen LogP contribution in [0.25, 0.3) is 0 Å². The van der Waals surface area contributed by atoms with Crippen LogP contribution in [0.4, 0.5) is 0 Å². The summed E-state index contributed by atoms with van der Waals surface area (Å²) in [7, 11) is 0. The number of allylic oxidation sites excluding steroid dienone is 12. The molecule has 0 fully saturated rings. The van der Waals surface area contributed by atoms with Gasteiger partial charge in [0.2, 0.25) is 0 Å². The van der Waals surface area contributed by atoms with Crippen LogP contribution in [0.1, 0.15) is 290 Å². The molecule has 0 spiro atoms. The lowest BCUT2D eigenvalue weighted by Crippen LogP contribution is -2.30. The summed E-state index contributed by atoms with van der Waals surface area (Å²) in [6.45, 7) is 6.50. The molecule has 69 heavy (non-hydrogen) atoms. The lowest BCUT2D eigenvalue weighted by molar-refractivity contribution is -0.167. The van der Waals surface area contributed by atoms with E-state index in [2.05, 4.69) is 93.7 Å². The highest BCUT2D eigenvalue weighted by Crippen LogP contribution is 2.16. The first-order valence-corrected chi connectivity index (χ1v) is 29.4. The summed E-state index contributed by atoms with van der Waals surface area (Å²) in [5.74, 6) is -0.905. The average molecular weight is 964 g/mol. The van der Waals surface area contributed by atoms with Gasteiger partial charge in [0.05, 0.1) is 0 Å². The molecule has 0 amide bonds. The average Bonchev–Trinajstić information content (AvgIpc) is 3.35. The van der Waals surface area contributed by atoms with Crippen LogP contribution < -0.4 is 0 Å². The van der Waals surface area contributed by atoms with Gasteiger partial charge in [-0.1, -0.05) is 254 Å². The number of hydrogen-bond donors (Lipinski definition) is 0. The third kappa shape index (κ3) is 55.6. The van der Waals surface area contributed by atoms with Crippen LogP contribution in [0.5, 0.6) is 0 Å². The summed E-state index contributed by atoms with van der Waals surface area (Å²) in [5, 5.41) is 0. The summed E-state index contributed by atoms with van der Waals surface area (Å²) < 4.78 is 16.9. The second kappa shape index (κ2) is 57.4. The molecule has 0 aliphatic carbocycles. The van der Waals surface area contributed by atoms with Crippen LogP contribution >= 0.6 is 0 Å². The highest BCUT2D eigenvalue weighted by Gasteiger charge is 2.19. The van der Waals surface area contributed by atoms with Crippen molar-refractivity contribution in [2.75, 3.05) is 13.2 Å². The van der Waals surface area contributed by atoms with Gasteiger partial charge in [-0.2, -0.15) is 0 Å². The zero-order valence-corrected chi connectivity index (χ0v) is 45.6. The maximum Gasteiger partial charge on any atom is 0.306 e. The molecule has 0 aromatic rings. The Bertz CT molecular complexity index is 1290. The lowest BCUT2D eigenvalue weighted by atomic mass is 10.0. The van der Waals surface area contributed by atoms with E-state index in [1.807, 2.05) is 0 Å². The van der Waals surface area contributed by atoms with E-state index in [4.69, 9.17) is 14.2 Å². The molecule has 0 unspecified atom stereocenters. The Balaban J connectivity index is 4.42. The molecule has 6 nitrogen and oxygen atoms in total. The van der Waals surface area contributed by atoms with E-state index >= 15 is 0 Å². The minimum atomic E-state index is -0.789. The van der Waals surface area contributed by atoms with Crippen molar-refractivity contribution in [2.24, 2.45) is 0 Å². The molecule has 398 valence electrons. The van der Waals surface area contributed by atoms with E-state index in [0.717, 1.165) is 109 Å². The van der Waals surface area contributed by atoms with Crippen molar-refractivity contribution in [3.05, 3.63) is 72.9 Å². The molecule has 0 saturated carbocycles. The van der Waals surface area contributed by atoms with E-state index in [1.54, 1.807) is 0 Å². The van der Waals surface area contributed by atoms with Crippen LogP contribution in [0.3, 0.4) is 0 Å². The first-order valence-electron chi connectivity index (χ1n) is 29.4. The van der Waals surface area contributed by atoms with Crippen LogP contribution in [0, 0.1) is 0 Å². The molecule has 0 aliphatic rings. The largest absolute Gasteiger partial charge is 0.462 e. The number of carbonyl (C=O) groups is 3. The Morgan fingerprint density at radius 3 is 0.913 bits per heavy atom. The standard InChI is InChI=1S/C63H110O6/c1-4-7-10-13-16-19-22-25-28-31-34-37-40-43-46-49-52-55-61(64)67-58-60(69-63(66)57-54-51-48-45-42-39-36-33-30-27-24-21-18-15-12-9-6-3)59-68-62(65)56-53-50-47-44-41-38-35-32-29-26-23-20-17-14-11-8-5-2/h7,10,16,18-19,21,25,27-28,30,34,37,60H,4-6,8-9,11-15,17,20,22-24,26,29,31-33,35-36,38-59H2,1-3H3/b10-7-,19-16-,21-18-,28-25-,30-27-,37-34-/t60-/m1/s1. The number of unbranched alkanes of at least 4 members (excludes halogenated alkanes) is 30. The van der Waals surface area contributed by atoms with Gasteiger partial charge < -0.3 is 14.2 Å². The fourth-order valence-corrected chi connectivity index (χ4v) is 8.29. The molecule has 0 saturated heterocycles. The van der Waals surface area contributed by atoms with Gasteiger partial charge >= 0.3 is 17.9 Å². The number of carbonyl (C=O) groups excluding carboxylic acids is 3. The van der Waals surface area contributed by atoms with Gasteiger partial charge in [0.1, 0.15) is 13.2 Å². The fourth-order valence-electron chi connectivity index (χ4n) is 8.29. The minimum Gasteiger partial charge on any atom is -0.462 e. The van der Waals surface area contributed by atoms with Crippen LogP contribution in [0.2, 0.25) is 0 Å². The molecule has 1 atom stereocenters. The van der Waals surface area contributed by atoms with E-state index in [0.29, 0.717) is 19.3 Å². The third-order valence-electron chi connectivity index (χ3n) is 12.7. The predicted molar refractivity (Wildman–Crippen MR) is 298 cm³/mol. The summed E-state index contributed by atoms with van der Waals surface area (Å²) in [6, 6.07) is 0. The highest BCUT2D eigenvalue weighted by molar-refractivity contribution is 5.71. The van der Waals surface area contributed by atoms with Gasteiger partial charge in [-0.15, -0.1) is 0 Å². The highest BCUT2D eigenvalue weighted by atomic mass is 16.6. The van der Waals surface area contributed by atoms with E-state index in [9.17, 15) is 14.4 Å². The number of hydrogen-bond acceptors (Lipinski definition) is 6. The Hall–Kier alpha value is -3.15. The zero-order chi connectivity index (χ0) is 50.0. The molecule has 0 heterocycles. The SMILES string of the molecule is CC/C=C\C/C=C\C/C=C\C/C=C\CCCCCCC(=O)OC[C@H](COC(=O)CCCCCCCCCCCCCCCCCCC)OC(=O)CCCCCCCCC/C=C\C/C=C\CCCCC. The van der Waals surface area contributed by atoms with Crippen molar-refractivity contribution in [3.8, 4) is 0 Å². The van der Waals surface area contributed by atoms with Crippen molar-refractivity contribution in [1.82, 2.24) is 0 Å². The predicted octanol–water partition coefficient (Wildman–Crippen LogP) is 19.8. The summed E-state index contributed by atoms with van der Waals surface area (Å²) in [4.78, 5) is 38.2. The van der Waals surface area contributed by atoms with Gasteiger partial charge in [-0.25, -0.2) is 0 Å². The maximum absolute atomic E-state index is 12.9. The smallest absolute Gasteiger partial charge is 0.306 e. The van der Waals surface area contributed by atoms with E-state index in [-0.39, 0.29) is 31.1 Å². The maximum atomic E-state index is 12.9. The topological polar surface area (TPSA) is 78.9 Å².